The zero-order valence-electron chi connectivity index (χ0n) is 18.5. The molecule has 6 nitrogen and oxygen atoms in total. The number of rotatable bonds is 9. The molecule has 0 amide bonds. The van der Waals surface area contributed by atoms with Gasteiger partial charge in [0.25, 0.3) is 0 Å². The number of methoxy groups -OCH3 is 2. The molecule has 0 aliphatic heterocycles. The van der Waals surface area contributed by atoms with Crippen LogP contribution in [0.2, 0.25) is 0 Å². The molecule has 2 aromatic rings. The van der Waals surface area contributed by atoms with E-state index in [-0.39, 0.29) is 0 Å². The van der Waals surface area contributed by atoms with Crippen molar-refractivity contribution >= 4 is 11.6 Å². The Balaban J connectivity index is 1.83. The molecule has 2 aromatic carbocycles. The number of nitrogens with zero attached hydrogens (tertiary/aromatic N) is 3. The van der Waals surface area contributed by atoms with Gasteiger partial charge in [0.2, 0.25) is 0 Å². The van der Waals surface area contributed by atoms with Crippen LogP contribution < -0.4 is 19.7 Å². The summed E-state index contributed by atoms with van der Waals surface area (Å²) in [5.41, 5.74) is 3.73. The van der Waals surface area contributed by atoms with Gasteiger partial charge in [0.1, 0.15) is 0 Å². The Morgan fingerprint density at radius 1 is 0.897 bits per heavy atom. The molecule has 158 valence electrons. The maximum Gasteiger partial charge on any atom is 0.193 e. The van der Waals surface area contributed by atoms with Gasteiger partial charge in [-0.05, 0) is 48.2 Å². The van der Waals surface area contributed by atoms with Gasteiger partial charge >= 0.3 is 0 Å². The van der Waals surface area contributed by atoms with E-state index in [4.69, 9.17) is 9.47 Å². The van der Waals surface area contributed by atoms with Crippen LogP contribution in [0.15, 0.2) is 47.5 Å². The summed E-state index contributed by atoms with van der Waals surface area (Å²) < 4.78 is 10.7. The first kappa shape index (κ1) is 22.4. The molecule has 0 aromatic heterocycles. The van der Waals surface area contributed by atoms with Gasteiger partial charge in [-0.1, -0.05) is 18.2 Å². The van der Waals surface area contributed by atoms with Crippen molar-refractivity contribution in [3.63, 3.8) is 0 Å². The minimum atomic E-state index is 0.751. The lowest BCUT2D eigenvalue weighted by molar-refractivity contribution is 0.354. The molecule has 29 heavy (non-hydrogen) atoms. The number of hydrogen-bond acceptors (Lipinski definition) is 4. The molecule has 0 saturated heterocycles. The molecule has 0 saturated carbocycles. The van der Waals surface area contributed by atoms with Crippen molar-refractivity contribution in [3.8, 4) is 11.5 Å². The highest BCUT2D eigenvalue weighted by molar-refractivity contribution is 5.79. The fourth-order valence-corrected chi connectivity index (χ4v) is 3.10. The van der Waals surface area contributed by atoms with Crippen LogP contribution in [0.3, 0.4) is 0 Å². The summed E-state index contributed by atoms with van der Waals surface area (Å²) >= 11 is 0. The normalized spacial score (nSPS) is 11.2. The lowest BCUT2D eigenvalue weighted by Crippen LogP contribution is -2.40. The first-order valence-electron chi connectivity index (χ1n) is 9.87. The number of anilines is 1. The van der Waals surface area contributed by atoms with Gasteiger partial charge in [-0.2, -0.15) is 0 Å². The van der Waals surface area contributed by atoms with Gasteiger partial charge in [-0.15, -0.1) is 0 Å². The Kier molecular flexibility index (Phi) is 8.65. The van der Waals surface area contributed by atoms with Crippen molar-refractivity contribution < 1.29 is 9.47 Å². The smallest absolute Gasteiger partial charge is 0.193 e. The van der Waals surface area contributed by atoms with E-state index in [1.54, 1.807) is 14.2 Å². The van der Waals surface area contributed by atoms with Crippen molar-refractivity contribution in [3.05, 3.63) is 53.6 Å². The van der Waals surface area contributed by atoms with E-state index in [1.807, 2.05) is 19.2 Å². The van der Waals surface area contributed by atoms with Crippen LogP contribution in [-0.2, 0) is 12.8 Å². The van der Waals surface area contributed by atoms with Gasteiger partial charge in [-0.3, -0.25) is 4.99 Å². The van der Waals surface area contributed by atoms with Gasteiger partial charge < -0.3 is 24.6 Å². The molecule has 0 radical (unpaired) electrons. The molecule has 0 heterocycles. The molecular weight excluding hydrogens is 364 g/mol. The van der Waals surface area contributed by atoms with Crippen LogP contribution >= 0.6 is 0 Å². The number of likely N-dealkylation sites (N-methyl/N-ethyl adjacent to an activating group) is 1. The fourth-order valence-electron chi connectivity index (χ4n) is 3.10. The Morgan fingerprint density at radius 3 is 2.14 bits per heavy atom. The highest BCUT2D eigenvalue weighted by Crippen LogP contribution is 2.27. The molecule has 0 fully saturated rings. The lowest BCUT2D eigenvalue weighted by Gasteiger charge is -2.22. The molecule has 0 bridgehead atoms. The van der Waals surface area contributed by atoms with E-state index in [2.05, 4.69) is 71.6 Å². The summed E-state index contributed by atoms with van der Waals surface area (Å²) in [6.45, 7) is 1.70. The molecule has 2 rings (SSSR count). The summed E-state index contributed by atoms with van der Waals surface area (Å²) in [6.07, 6.45) is 1.85. The summed E-state index contributed by atoms with van der Waals surface area (Å²) in [7, 11) is 11.3. The second kappa shape index (κ2) is 11.2. The number of ether oxygens (including phenoxy) is 2. The largest absolute Gasteiger partial charge is 0.493 e. The average molecular weight is 399 g/mol. The second-order valence-electron chi connectivity index (χ2n) is 7.15. The Labute approximate surface area is 175 Å². The highest BCUT2D eigenvalue weighted by atomic mass is 16.5. The van der Waals surface area contributed by atoms with Crippen LogP contribution in [0, 0.1) is 0 Å². The van der Waals surface area contributed by atoms with Crippen molar-refractivity contribution in [2.24, 2.45) is 4.99 Å². The third-order valence-electron chi connectivity index (χ3n) is 4.91. The van der Waals surface area contributed by atoms with Crippen LogP contribution in [0.4, 0.5) is 5.69 Å². The topological polar surface area (TPSA) is 49.3 Å². The number of guanidine groups is 1. The maximum absolute atomic E-state index is 5.39. The summed E-state index contributed by atoms with van der Waals surface area (Å²) in [6, 6.07) is 14.7. The van der Waals surface area contributed by atoms with E-state index in [1.165, 1.54) is 16.8 Å². The molecule has 0 aliphatic rings. The monoisotopic (exact) mass is 398 g/mol. The van der Waals surface area contributed by atoms with E-state index in [0.717, 1.165) is 43.4 Å². The number of aliphatic imine (C=N–C) groups is 1. The third kappa shape index (κ3) is 6.59. The van der Waals surface area contributed by atoms with Crippen LogP contribution in [0.25, 0.3) is 0 Å². The summed E-state index contributed by atoms with van der Waals surface area (Å²) in [5.74, 6) is 2.41. The first-order chi connectivity index (χ1) is 14.0. The van der Waals surface area contributed by atoms with Crippen molar-refractivity contribution in [2.45, 2.75) is 12.8 Å². The molecular formula is C23H34N4O2. The quantitative estimate of drug-likeness (QED) is 0.520. The van der Waals surface area contributed by atoms with Crippen LogP contribution in [0.5, 0.6) is 11.5 Å². The number of benzene rings is 2. The Hall–Kier alpha value is -2.89. The minimum absolute atomic E-state index is 0.751. The predicted molar refractivity (Wildman–Crippen MR) is 122 cm³/mol. The second-order valence-corrected chi connectivity index (χ2v) is 7.15. The molecule has 0 aliphatic carbocycles. The number of nitrogens with one attached hydrogen (secondary N) is 1. The van der Waals surface area contributed by atoms with Crippen molar-refractivity contribution in [2.75, 3.05) is 60.4 Å². The zero-order valence-corrected chi connectivity index (χ0v) is 18.5. The van der Waals surface area contributed by atoms with E-state index in [9.17, 15) is 0 Å². The van der Waals surface area contributed by atoms with Gasteiger partial charge in [0.05, 0.1) is 14.2 Å². The highest BCUT2D eigenvalue weighted by Gasteiger charge is 2.08. The predicted octanol–water partition coefficient (Wildman–Crippen LogP) is 3.06. The Bertz CT molecular complexity index is 788. The van der Waals surface area contributed by atoms with E-state index in [0.29, 0.717) is 0 Å². The fraction of sp³-hybridized carbons (Fsp3) is 0.435. The summed E-state index contributed by atoms with van der Waals surface area (Å²) in [5, 5.41) is 3.45. The summed E-state index contributed by atoms with van der Waals surface area (Å²) in [4.78, 5) is 8.66. The zero-order chi connectivity index (χ0) is 21.2. The van der Waals surface area contributed by atoms with Crippen molar-refractivity contribution in [1.29, 1.82) is 0 Å². The van der Waals surface area contributed by atoms with Gasteiger partial charge in [0, 0.05) is 47.0 Å². The van der Waals surface area contributed by atoms with E-state index >= 15 is 0 Å². The number of hydrogen-bond donors (Lipinski definition) is 1. The SMILES string of the molecule is CN=C(NCCc1ccc(N(C)C)cc1)N(C)CCc1ccc(OC)c(OC)c1. The molecule has 1 N–H and O–H groups in total. The lowest BCUT2D eigenvalue weighted by atomic mass is 10.1. The van der Waals surface area contributed by atoms with Gasteiger partial charge in [0.15, 0.2) is 17.5 Å². The van der Waals surface area contributed by atoms with Crippen LogP contribution in [-0.4, -0.2) is 66.4 Å². The molecule has 0 atom stereocenters. The maximum atomic E-state index is 5.39. The standard InChI is InChI=1S/C23H34N4O2/c1-24-23(25-15-13-18-7-10-20(11-8-18)26(2)3)27(4)16-14-19-9-12-21(28-5)22(17-19)29-6/h7-12,17H,13-16H2,1-6H3,(H,24,25). The van der Waals surface area contributed by atoms with Crippen LogP contribution in [0.1, 0.15) is 11.1 Å². The third-order valence-corrected chi connectivity index (χ3v) is 4.91. The van der Waals surface area contributed by atoms with E-state index < -0.39 is 0 Å². The average Bonchev–Trinajstić information content (AvgIpc) is 2.75. The first-order valence-corrected chi connectivity index (χ1v) is 9.87. The molecule has 6 heteroatoms. The molecule has 0 spiro atoms. The van der Waals surface area contributed by atoms with Gasteiger partial charge in [-0.25, -0.2) is 0 Å². The van der Waals surface area contributed by atoms with Crippen molar-refractivity contribution in [1.82, 2.24) is 10.2 Å². The molecule has 0 unspecified atom stereocenters. The Morgan fingerprint density at radius 2 is 1.55 bits per heavy atom. The minimum Gasteiger partial charge on any atom is -0.493 e.